The Kier molecular flexibility index (Phi) is 4.81. The molecule has 27 heavy (non-hydrogen) atoms. The van der Waals surface area contributed by atoms with Gasteiger partial charge in [-0.05, 0) is 31.2 Å². The molecule has 7 heteroatoms. The van der Waals surface area contributed by atoms with Crippen molar-refractivity contribution in [3.05, 3.63) is 35.9 Å². The molecule has 1 aromatic rings. The third-order valence-corrected chi connectivity index (χ3v) is 8.62. The van der Waals surface area contributed by atoms with Crippen molar-refractivity contribution >= 4 is 16.1 Å². The zero-order chi connectivity index (χ0) is 19.2. The number of likely N-dealkylation sites (tertiary alicyclic amines) is 1. The number of carbonyl (C=O) groups is 1. The third kappa shape index (κ3) is 2.91. The van der Waals surface area contributed by atoms with Crippen LogP contribution in [0.15, 0.2) is 30.3 Å². The number of β-lactam (4-membered cyclic amide) rings is 1. The summed E-state index contributed by atoms with van der Waals surface area (Å²) in [5, 5.41) is 0. The average Bonchev–Trinajstić information content (AvgIpc) is 3.18. The minimum absolute atomic E-state index is 0.127. The lowest BCUT2D eigenvalue weighted by Crippen LogP contribution is -2.66. The molecule has 1 spiro atoms. The second kappa shape index (κ2) is 6.87. The summed E-state index contributed by atoms with van der Waals surface area (Å²) in [6.07, 6.45) is 5.63. The van der Waals surface area contributed by atoms with E-state index in [1.54, 1.807) is 14.1 Å². The molecule has 0 radical (unpaired) electrons. The summed E-state index contributed by atoms with van der Waals surface area (Å²) in [4.78, 5) is 15.3. The third-order valence-electron chi connectivity index (χ3n) is 6.68. The molecule has 1 aromatic carbocycles. The van der Waals surface area contributed by atoms with E-state index >= 15 is 0 Å². The van der Waals surface area contributed by atoms with Crippen LogP contribution in [0.2, 0.25) is 0 Å². The van der Waals surface area contributed by atoms with E-state index in [4.69, 9.17) is 0 Å². The fraction of sp³-hybridized carbons (Fsp3) is 0.650. The standard InChI is InChI=1S/C20H29N3O3S/c1-21(2)27(25,26)22-14-10-17(11-15-22)23-18(16-8-4-3-5-9-16)20(19(23)24)12-6-7-13-20/h3-5,8-9,17-18H,6-7,10-15H2,1-2H3. The summed E-state index contributed by atoms with van der Waals surface area (Å²) in [6.45, 7) is 0.951. The highest BCUT2D eigenvalue weighted by Crippen LogP contribution is 2.60. The molecule has 0 N–H and O–H groups in total. The molecule has 2 heterocycles. The van der Waals surface area contributed by atoms with Gasteiger partial charge in [0.05, 0.1) is 11.5 Å². The van der Waals surface area contributed by atoms with E-state index < -0.39 is 10.2 Å². The summed E-state index contributed by atoms with van der Waals surface area (Å²) in [7, 11) is -0.246. The molecule has 3 fully saturated rings. The maximum absolute atomic E-state index is 13.2. The molecule has 1 aliphatic carbocycles. The Morgan fingerprint density at radius 2 is 1.63 bits per heavy atom. The Hall–Kier alpha value is -1.44. The molecule has 1 amide bonds. The first-order valence-corrected chi connectivity index (χ1v) is 11.3. The van der Waals surface area contributed by atoms with Gasteiger partial charge in [-0.25, -0.2) is 0 Å². The van der Waals surface area contributed by atoms with Gasteiger partial charge in [0.15, 0.2) is 0 Å². The first kappa shape index (κ1) is 18.9. The summed E-state index contributed by atoms with van der Waals surface area (Å²) in [6, 6.07) is 10.7. The van der Waals surface area contributed by atoms with E-state index in [1.807, 2.05) is 18.2 Å². The van der Waals surface area contributed by atoms with E-state index in [2.05, 4.69) is 17.0 Å². The highest BCUT2D eigenvalue weighted by atomic mass is 32.2. The van der Waals surface area contributed by atoms with Crippen LogP contribution < -0.4 is 0 Å². The fourth-order valence-electron chi connectivity index (χ4n) is 5.26. The molecule has 2 aliphatic heterocycles. The molecule has 0 aromatic heterocycles. The number of piperidine rings is 1. The molecule has 1 unspecified atom stereocenters. The normalized spacial score (nSPS) is 26.7. The van der Waals surface area contributed by atoms with Gasteiger partial charge in [0.2, 0.25) is 5.91 Å². The van der Waals surface area contributed by atoms with Gasteiger partial charge < -0.3 is 4.90 Å². The lowest BCUT2D eigenvalue weighted by Gasteiger charge is -2.59. The van der Waals surface area contributed by atoms with Gasteiger partial charge in [0, 0.05) is 33.2 Å². The molecule has 3 aliphatic rings. The number of nitrogens with zero attached hydrogens (tertiary/aromatic N) is 3. The number of rotatable bonds is 4. The minimum atomic E-state index is -3.38. The Morgan fingerprint density at radius 3 is 2.19 bits per heavy atom. The number of carbonyl (C=O) groups excluding carboxylic acids is 1. The van der Waals surface area contributed by atoms with Crippen LogP contribution in [0, 0.1) is 5.41 Å². The van der Waals surface area contributed by atoms with Crippen LogP contribution in [-0.4, -0.2) is 61.1 Å². The van der Waals surface area contributed by atoms with E-state index in [0.717, 1.165) is 25.7 Å². The summed E-state index contributed by atoms with van der Waals surface area (Å²) in [5.74, 6) is 0.294. The van der Waals surface area contributed by atoms with Crippen LogP contribution in [0.3, 0.4) is 0 Å². The topological polar surface area (TPSA) is 60.9 Å². The highest BCUT2D eigenvalue weighted by Gasteiger charge is 2.63. The van der Waals surface area contributed by atoms with E-state index in [1.165, 1.54) is 14.2 Å². The number of hydrogen-bond donors (Lipinski definition) is 0. The maximum atomic E-state index is 13.2. The van der Waals surface area contributed by atoms with Crippen LogP contribution in [0.1, 0.15) is 50.1 Å². The average molecular weight is 392 g/mol. The Bertz CT molecular complexity index is 795. The molecule has 148 valence electrons. The molecule has 0 bridgehead atoms. The number of hydrogen-bond acceptors (Lipinski definition) is 3. The van der Waals surface area contributed by atoms with Gasteiger partial charge in [0.1, 0.15) is 0 Å². The van der Waals surface area contributed by atoms with Crippen LogP contribution in [0.25, 0.3) is 0 Å². The van der Waals surface area contributed by atoms with Gasteiger partial charge in [-0.1, -0.05) is 43.2 Å². The van der Waals surface area contributed by atoms with Crippen LogP contribution in [-0.2, 0) is 15.0 Å². The van der Waals surface area contributed by atoms with Crippen LogP contribution in [0.5, 0.6) is 0 Å². The van der Waals surface area contributed by atoms with Crippen molar-refractivity contribution in [1.82, 2.24) is 13.5 Å². The van der Waals surface area contributed by atoms with Gasteiger partial charge in [-0.15, -0.1) is 0 Å². The molecule has 4 rings (SSSR count). The van der Waals surface area contributed by atoms with Gasteiger partial charge in [-0.2, -0.15) is 17.0 Å². The fourth-order valence-corrected chi connectivity index (χ4v) is 6.39. The Morgan fingerprint density at radius 1 is 1.04 bits per heavy atom. The van der Waals surface area contributed by atoms with Crippen molar-refractivity contribution in [3.8, 4) is 0 Å². The zero-order valence-corrected chi connectivity index (χ0v) is 17.0. The SMILES string of the molecule is CN(C)S(=O)(=O)N1CCC(N2C(=O)C3(CCCC3)C2c2ccccc2)CC1. The van der Waals surface area contributed by atoms with Gasteiger partial charge in [0.25, 0.3) is 10.2 Å². The number of benzene rings is 1. The molecule has 1 saturated carbocycles. The van der Waals surface area contributed by atoms with Crippen molar-refractivity contribution in [2.24, 2.45) is 5.41 Å². The van der Waals surface area contributed by atoms with E-state index in [9.17, 15) is 13.2 Å². The molecule has 2 saturated heterocycles. The Balaban J connectivity index is 1.54. The summed E-state index contributed by atoms with van der Waals surface area (Å²) >= 11 is 0. The van der Waals surface area contributed by atoms with Crippen LogP contribution in [0.4, 0.5) is 0 Å². The van der Waals surface area contributed by atoms with Crippen molar-refractivity contribution < 1.29 is 13.2 Å². The monoisotopic (exact) mass is 391 g/mol. The first-order valence-electron chi connectivity index (χ1n) is 9.93. The smallest absolute Gasteiger partial charge is 0.281 e. The highest BCUT2D eigenvalue weighted by molar-refractivity contribution is 7.86. The minimum Gasteiger partial charge on any atom is -0.331 e. The summed E-state index contributed by atoms with van der Waals surface area (Å²) < 4.78 is 27.5. The second-order valence-corrected chi connectivity index (χ2v) is 10.5. The van der Waals surface area contributed by atoms with Crippen molar-refractivity contribution in [1.29, 1.82) is 0 Å². The van der Waals surface area contributed by atoms with Crippen molar-refractivity contribution in [2.75, 3.05) is 27.2 Å². The molecule has 6 nitrogen and oxygen atoms in total. The second-order valence-electron chi connectivity index (χ2n) is 8.31. The predicted molar refractivity (Wildman–Crippen MR) is 104 cm³/mol. The number of amides is 1. The zero-order valence-electron chi connectivity index (χ0n) is 16.2. The predicted octanol–water partition coefficient (Wildman–Crippen LogP) is 2.40. The van der Waals surface area contributed by atoms with Crippen molar-refractivity contribution in [2.45, 2.75) is 50.6 Å². The van der Waals surface area contributed by atoms with Crippen molar-refractivity contribution in [3.63, 3.8) is 0 Å². The lowest BCUT2D eigenvalue weighted by atomic mass is 9.65. The first-order chi connectivity index (χ1) is 12.9. The quantitative estimate of drug-likeness (QED) is 0.741. The molecule has 1 atom stereocenters. The van der Waals surface area contributed by atoms with E-state index in [-0.39, 0.29) is 17.5 Å². The molecular formula is C20H29N3O3S. The van der Waals surface area contributed by atoms with E-state index in [0.29, 0.717) is 31.8 Å². The largest absolute Gasteiger partial charge is 0.331 e. The molecular weight excluding hydrogens is 362 g/mol. The lowest BCUT2D eigenvalue weighted by molar-refractivity contribution is -0.180. The summed E-state index contributed by atoms with van der Waals surface area (Å²) in [5.41, 5.74) is 1.01. The Labute approximate surface area is 162 Å². The van der Waals surface area contributed by atoms with Gasteiger partial charge in [-0.3, -0.25) is 4.79 Å². The van der Waals surface area contributed by atoms with Gasteiger partial charge >= 0.3 is 0 Å². The van der Waals surface area contributed by atoms with Crippen LogP contribution >= 0.6 is 0 Å². The maximum Gasteiger partial charge on any atom is 0.281 e.